The molecule has 0 amide bonds. The molecule has 0 aliphatic heterocycles. The molecule has 0 aliphatic carbocycles. The van der Waals surface area contributed by atoms with Crippen LogP contribution in [0.4, 0.5) is 0 Å². The summed E-state index contributed by atoms with van der Waals surface area (Å²) >= 11 is 3.30. The normalized spacial score (nSPS) is 7.75. The van der Waals surface area contributed by atoms with Gasteiger partial charge in [-0.15, -0.1) is 0 Å². The van der Waals surface area contributed by atoms with Gasteiger partial charge in [0.05, 0.1) is 6.07 Å². The molecule has 0 heterocycles. The number of rotatable bonds is 2. The highest BCUT2D eigenvalue weighted by atomic mass is 79.9. The minimum Gasteiger partial charge on any atom is -0.199 e. The predicted octanol–water partition coefficient (Wildman–Crippen LogP) is 3.76. The van der Waals surface area contributed by atoms with E-state index in [0.717, 1.165) is 5.75 Å². The molecule has 0 fully saturated rings. The zero-order chi connectivity index (χ0) is 9.23. The van der Waals surface area contributed by atoms with Crippen LogP contribution >= 0.6 is 25.0 Å². The van der Waals surface area contributed by atoms with Gasteiger partial charge in [-0.2, -0.15) is 5.26 Å². The van der Waals surface area contributed by atoms with Crippen LogP contribution in [0.1, 0.15) is 12.5 Å². The predicted molar refractivity (Wildman–Crippen MR) is 58.0 cm³/mol. The molecular weight excluding hydrogens is 234 g/mol. The lowest BCUT2D eigenvalue weighted by Gasteiger charge is -1.92. The summed E-state index contributed by atoms with van der Waals surface area (Å²) in [6, 6.07) is 12.1. The molecular formula is C9H10BrNS. The Morgan fingerprint density at radius 1 is 1.42 bits per heavy atom. The number of halogens is 1. The molecule has 3 heteroatoms. The maximum atomic E-state index is 7.32. The summed E-state index contributed by atoms with van der Waals surface area (Å²) < 4.78 is 0. The Bertz CT molecular complexity index is 230. The van der Waals surface area contributed by atoms with Gasteiger partial charge in [0, 0.05) is 12.7 Å². The van der Waals surface area contributed by atoms with Crippen molar-refractivity contribution >= 4 is 25.0 Å². The second-order valence-electron chi connectivity index (χ2n) is 1.96. The first kappa shape index (κ1) is 11.5. The largest absolute Gasteiger partial charge is 0.199 e. The number of hydrogen-bond donors (Lipinski definition) is 0. The molecule has 0 aliphatic rings. The van der Waals surface area contributed by atoms with Gasteiger partial charge in [0.25, 0.3) is 0 Å². The Labute approximate surface area is 85.0 Å². The fourth-order valence-corrected chi connectivity index (χ4v) is 1.75. The maximum Gasteiger partial charge on any atom is 0.0587 e. The van der Waals surface area contributed by atoms with Crippen LogP contribution in [0.25, 0.3) is 0 Å². The summed E-state index contributed by atoms with van der Waals surface area (Å²) in [4.78, 5) is 0. The van der Waals surface area contributed by atoms with Crippen LogP contribution in [-0.2, 0) is 5.75 Å². The molecule has 1 nitrogen and oxygen atoms in total. The smallest absolute Gasteiger partial charge is 0.0587 e. The van der Waals surface area contributed by atoms with E-state index >= 15 is 0 Å². The van der Waals surface area contributed by atoms with Crippen molar-refractivity contribution in [2.75, 3.05) is 0 Å². The average molecular weight is 244 g/mol. The second-order valence-corrected chi connectivity index (χ2v) is 3.84. The molecule has 0 saturated carbocycles. The second kappa shape index (κ2) is 8.63. The quantitative estimate of drug-likeness (QED) is 0.790. The third-order valence-corrected chi connectivity index (χ3v) is 2.19. The maximum absolute atomic E-state index is 7.32. The van der Waals surface area contributed by atoms with Gasteiger partial charge < -0.3 is 0 Å². The highest BCUT2D eigenvalue weighted by Crippen LogP contribution is 2.16. The van der Waals surface area contributed by atoms with Gasteiger partial charge in [0.1, 0.15) is 0 Å². The summed E-state index contributed by atoms with van der Waals surface area (Å²) in [5.41, 5.74) is 1.36. The fraction of sp³-hybridized carbons (Fsp3) is 0.222. The van der Waals surface area contributed by atoms with Gasteiger partial charge in [-0.3, -0.25) is 0 Å². The van der Waals surface area contributed by atoms with Gasteiger partial charge >= 0.3 is 0 Å². The molecule has 64 valence electrons. The molecule has 0 aromatic heterocycles. The molecule has 0 N–H and O–H groups in total. The van der Waals surface area contributed by atoms with Gasteiger partial charge in [-0.25, -0.2) is 0 Å². The van der Waals surface area contributed by atoms with Crippen molar-refractivity contribution in [1.82, 2.24) is 0 Å². The van der Waals surface area contributed by atoms with E-state index in [9.17, 15) is 0 Å². The van der Waals surface area contributed by atoms with E-state index < -0.39 is 0 Å². The SMILES string of the molecule is BrSCc1ccccc1.CC#N. The molecule has 0 unspecified atom stereocenters. The molecule has 0 saturated heterocycles. The zero-order valence-electron chi connectivity index (χ0n) is 6.83. The Morgan fingerprint density at radius 3 is 2.33 bits per heavy atom. The van der Waals surface area contributed by atoms with Crippen LogP contribution in [0.5, 0.6) is 0 Å². The third kappa shape index (κ3) is 6.26. The van der Waals surface area contributed by atoms with Crippen molar-refractivity contribution in [3.8, 4) is 6.07 Å². The zero-order valence-corrected chi connectivity index (χ0v) is 9.23. The molecule has 12 heavy (non-hydrogen) atoms. The Kier molecular flexibility index (Phi) is 8.30. The highest BCUT2D eigenvalue weighted by molar-refractivity contribution is 9.50. The Hall–Kier alpha value is -0.460. The number of nitrogens with zero attached hydrogens (tertiary/aromatic N) is 1. The van der Waals surface area contributed by atoms with Crippen molar-refractivity contribution in [2.24, 2.45) is 0 Å². The van der Waals surface area contributed by atoms with Crippen molar-refractivity contribution in [2.45, 2.75) is 12.7 Å². The van der Waals surface area contributed by atoms with Gasteiger partial charge in [0.2, 0.25) is 0 Å². The summed E-state index contributed by atoms with van der Waals surface area (Å²) in [6.07, 6.45) is 0. The van der Waals surface area contributed by atoms with Crippen LogP contribution in [0, 0.1) is 11.3 Å². The molecule has 0 spiro atoms. The summed E-state index contributed by atoms with van der Waals surface area (Å²) in [5, 5.41) is 7.32. The van der Waals surface area contributed by atoms with Crippen molar-refractivity contribution in [1.29, 1.82) is 5.26 Å². The van der Waals surface area contributed by atoms with Crippen LogP contribution in [0.2, 0.25) is 0 Å². The fourth-order valence-electron chi connectivity index (χ4n) is 0.637. The lowest BCUT2D eigenvalue weighted by atomic mass is 10.2. The van der Waals surface area contributed by atoms with Gasteiger partial charge in [0.15, 0.2) is 0 Å². The van der Waals surface area contributed by atoms with E-state index in [2.05, 4.69) is 39.1 Å². The first-order valence-corrected chi connectivity index (χ1v) is 6.26. The van der Waals surface area contributed by atoms with E-state index in [4.69, 9.17) is 5.26 Å². The van der Waals surface area contributed by atoms with Crippen molar-refractivity contribution in [3.05, 3.63) is 35.9 Å². The molecule has 1 aromatic carbocycles. The summed E-state index contributed by atoms with van der Waals surface area (Å²) in [6.45, 7) is 1.43. The third-order valence-electron chi connectivity index (χ3n) is 1.06. The molecule has 0 radical (unpaired) electrons. The Morgan fingerprint density at radius 2 is 1.92 bits per heavy atom. The lowest BCUT2D eigenvalue weighted by Crippen LogP contribution is -1.73. The topological polar surface area (TPSA) is 23.8 Å². The highest BCUT2D eigenvalue weighted by Gasteiger charge is 1.86. The van der Waals surface area contributed by atoms with Crippen LogP contribution < -0.4 is 0 Å². The first-order valence-electron chi connectivity index (χ1n) is 3.43. The number of hydrogen-bond acceptors (Lipinski definition) is 2. The van der Waals surface area contributed by atoms with Gasteiger partial charge in [-0.05, 0) is 20.4 Å². The molecule has 0 bridgehead atoms. The van der Waals surface area contributed by atoms with Crippen molar-refractivity contribution in [3.63, 3.8) is 0 Å². The van der Waals surface area contributed by atoms with E-state index in [-0.39, 0.29) is 0 Å². The number of benzene rings is 1. The van der Waals surface area contributed by atoms with E-state index in [1.54, 1.807) is 16.3 Å². The van der Waals surface area contributed by atoms with E-state index in [1.165, 1.54) is 12.5 Å². The van der Waals surface area contributed by atoms with Crippen molar-refractivity contribution < 1.29 is 0 Å². The first-order chi connectivity index (χ1) is 5.85. The monoisotopic (exact) mass is 243 g/mol. The van der Waals surface area contributed by atoms with Crippen LogP contribution in [-0.4, -0.2) is 0 Å². The van der Waals surface area contributed by atoms with Crippen LogP contribution in [0.15, 0.2) is 30.3 Å². The van der Waals surface area contributed by atoms with Gasteiger partial charge in [-0.1, -0.05) is 40.5 Å². The number of nitriles is 1. The standard InChI is InChI=1S/C7H7BrS.C2H3N/c8-9-6-7-4-2-1-3-5-7;1-2-3/h1-5H,6H2;1H3. The lowest BCUT2D eigenvalue weighted by molar-refractivity contribution is 1.43. The molecule has 1 rings (SSSR count). The molecule has 1 aromatic rings. The van der Waals surface area contributed by atoms with E-state index in [1.807, 2.05) is 6.07 Å². The summed E-state index contributed by atoms with van der Waals surface area (Å²) in [7, 11) is 1.67. The molecule has 0 atom stereocenters. The van der Waals surface area contributed by atoms with Crippen LogP contribution in [0.3, 0.4) is 0 Å². The Balaban J connectivity index is 0.000000354. The minimum atomic E-state index is 1.04. The van der Waals surface area contributed by atoms with E-state index in [0.29, 0.717) is 0 Å². The minimum absolute atomic E-state index is 1.04. The summed E-state index contributed by atoms with van der Waals surface area (Å²) in [5.74, 6) is 1.04. The average Bonchev–Trinajstić information content (AvgIpc) is 2.08.